The van der Waals surface area contributed by atoms with Gasteiger partial charge in [-0.25, -0.2) is 4.98 Å². The summed E-state index contributed by atoms with van der Waals surface area (Å²) in [5, 5.41) is 6.79. The maximum Gasteiger partial charge on any atom is 0.129 e. The van der Waals surface area contributed by atoms with Crippen molar-refractivity contribution in [3.8, 4) is 0 Å². The van der Waals surface area contributed by atoms with Gasteiger partial charge < -0.3 is 10.6 Å². The van der Waals surface area contributed by atoms with Gasteiger partial charge in [-0.05, 0) is 42.2 Å². The average Bonchev–Trinajstić information content (AvgIpc) is 2.67. The molecule has 2 N–H and O–H groups in total. The molecule has 2 aromatic heterocycles. The van der Waals surface area contributed by atoms with Crippen LogP contribution in [0.5, 0.6) is 0 Å². The van der Waals surface area contributed by atoms with Crippen molar-refractivity contribution in [2.24, 2.45) is 0 Å². The fraction of sp³-hybridized carbons (Fsp3) is 0.455. The summed E-state index contributed by atoms with van der Waals surface area (Å²) in [4.78, 5) is 9.69. The third-order valence-corrected chi connectivity index (χ3v) is 6.42. The Balaban J connectivity index is 1.73. The molecule has 0 saturated carbocycles. The zero-order valence-electron chi connectivity index (χ0n) is 16.2. The van der Waals surface area contributed by atoms with E-state index in [-0.39, 0.29) is 10.8 Å². The highest BCUT2D eigenvalue weighted by Gasteiger charge is 2.41. The molecular formula is C22H28N4. The predicted molar refractivity (Wildman–Crippen MR) is 109 cm³/mol. The summed E-state index contributed by atoms with van der Waals surface area (Å²) in [5.41, 5.74) is 5.65. The molecule has 0 spiro atoms. The number of hydrogen-bond acceptors (Lipinski definition) is 4. The third-order valence-electron chi connectivity index (χ3n) is 6.42. The fourth-order valence-electron chi connectivity index (χ4n) is 3.81. The molecule has 0 fully saturated rings. The number of nitrogens with one attached hydrogen (secondary N) is 2. The van der Waals surface area contributed by atoms with Gasteiger partial charge in [-0.15, -0.1) is 0 Å². The number of pyridine rings is 2. The molecule has 4 heteroatoms. The van der Waals surface area contributed by atoms with Gasteiger partial charge in [0.05, 0.1) is 11.4 Å². The summed E-state index contributed by atoms with van der Waals surface area (Å²) in [6.07, 6.45) is 8.56. The van der Waals surface area contributed by atoms with Crippen LogP contribution >= 0.6 is 0 Å². The fourth-order valence-corrected chi connectivity index (χ4v) is 3.81. The molecule has 0 bridgehead atoms. The molecule has 2 aliphatic rings. The first-order chi connectivity index (χ1) is 12.4. The second-order valence-corrected chi connectivity index (χ2v) is 8.42. The van der Waals surface area contributed by atoms with Crippen molar-refractivity contribution >= 4 is 17.6 Å². The smallest absolute Gasteiger partial charge is 0.129 e. The molecule has 136 valence electrons. The molecule has 2 aliphatic heterocycles. The second-order valence-electron chi connectivity index (χ2n) is 8.42. The van der Waals surface area contributed by atoms with Gasteiger partial charge >= 0.3 is 0 Å². The van der Waals surface area contributed by atoms with Crippen LogP contribution in [-0.4, -0.2) is 23.1 Å². The van der Waals surface area contributed by atoms with E-state index in [0.717, 1.165) is 42.4 Å². The molecule has 2 aromatic rings. The maximum absolute atomic E-state index is 4.98. The zero-order chi connectivity index (χ0) is 18.4. The lowest BCUT2D eigenvalue weighted by atomic mass is 9.62. The van der Waals surface area contributed by atoms with Gasteiger partial charge in [0.2, 0.25) is 0 Å². The molecule has 0 amide bonds. The molecule has 0 saturated heterocycles. The third kappa shape index (κ3) is 2.68. The van der Waals surface area contributed by atoms with Crippen molar-refractivity contribution in [3.05, 3.63) is 53.0 Å². The summed E-state index contributed by atoms with van der Waals surface area (Å²) >= 11 is 0. The number of aryl methyl sites for hydroxylation is 1. The molecule has 4 nitrogen and oxygen atoms in total. The zero-order valence-corrected chi connectivity index (χ0v) is 16.2. The summed E-state index contributed by atoms with van der Waals surface area (Å²) in [6, 6.07) is 6.67. The van der Waals surface area contributed by atoms with Crippen LogP contribution in [0.4, 0.5) is 11.5 Å². The lowest BCUT2D eigenvalue weighted by Crippen LogP contribution is -2.41. The Kier molecular flexibility index (Phi) is 4.02. The molecule has 26 heavy (non-hydrogen) atoms. The Morgan fingerprint density at radius 2 is 1.88 bits per heavy atom. The van der Waals surface area contributed by atoms with Crippen LogP contribution in [0.2, 0.25) is 0 Å². The topological polar surface area (TPSA) is 49.8 Å². The highest BCUT2D eigenvalue weighted by atomic mass is 15.0. The van der Waals surface area contributed by atoms with E-state index in [1.54, 1.807) is 0 Å². The van der Waals surface area contributed by atoms with Crippen molar-refractivity contribution in [2.45, 2.75) is 51.4 Å². The van der Waals surface area contributed by atoms with E-state index in [9.17, 15) is 0 Å². The van der Waals surface area contributed by atoms with E-state index in [2.05, 4.69) is 68.7 Å². The minimum absolute atomic E-state index is 0.0977. The number of nitrogens with zero attached hydrogens (tertiary/aromatic N) is 2. The van der Waals surface area contributed by atoms with Crippen LogP contribution < -0.4 is 10.6 Å². The van der Waals surface area contributed by atoms with Crippen LogP contribution in [0, 0.1) is 0 Å². The Morgan fingerprint density at radius 3 is 2.73 bits per heavy atom. The number of aromatic nitrogens is 2. The molecule has 0 aromatic carbocycles. The average molecular weight is 348 g/mol. The lowest BCUT2D eigenvalue weighted by molar-refractivity contribution is 0.294. The number of rotatable bonds is 3. The molecule has 4 rings (SSSR count). The Bertz CT molecular complexity index is 864. The van der Waals surface area contributed by atoms with Crippen LogP contribution in [-0.2, 0) is 17.3 Å². The van der Waals surface area contributed by atoms with Gasteiger partial charge in [0.15, 0.2) is 0 Å². The Morgan fingerprint density at radius 1 is 1.04 bits per heavy atom. The Hall–Kier alpha value is -2.36. The summed E-state index contributed by atoms with van der Waals surface area (Å²) in [7, 11) is 0. The molecule has 0 radical (unpaired) electrons. The van der Waals surface area contributed by atoms with Crippen molar-refractivity contribution in [3.63, 3.8) is 0 Å². The monoisotopic (exact) mass is 348 g/mol. The van der Waals surface area contributed by atoms with Crippen molar-refractivity contribution in [1.29, 1.82) is 0 Å². The molecule has 0 atom stereocenters. The van der Waals surface area contributed by atoms with Crippen LogP contribution in [0.25, 0.3) is 6.08 Å². The normalized spacial score (nSPS) is 16.3. The van der Waals surface area contributed by atoms with E-state index in [4.69, 9.17) is 9.97 Å². The minimum atomic E-state index is -0.134. The van der Waals surface area contributed by atoms with Crippen LogP contribution in [0.1, 0.15) is 56.6 Å². The summed E-state index contributed by atoms with van der Waals surface area (Å²) in [5.74, 6) is 1.05. The van der Waals surface area contributed by atoms with Gasteiger partial charge in [0, 0.05) is 35.8 Å². The van der Waals surface area contributed by atoms with Crippen molar-refractivity contribution < 1.29 is 0 Å². The lowest BCUT2D eigenvalue weighted by Gasteiger charge is -2.42. The van der Waals surface area contributed by atoms with Gasteiger partial charge in [0.1, 0.15) is 5.82 Å². The van der Waals surface area contributed by atoms with Crippen molar-refractivity contribution in [1.82, 2.24) is 9.97 Å². The first kappa shape index (κ1) is 17.1. The van der Waals surface area contributed by atoms with Gasteiger partial charge in [-0.1, -0.05) is 39.8 Å². The summed E-state index contributed by atoms with van der Waals surface area (Å²) < 4.78 is 0. The minimum Gasteiger partial charge on any atom is -0.380 e. The van der Waals surface area contributed by atoms with Gasteiger partial charge in [-0.2, -0.15) is 0 Å². The number of fused-ring (bicyclic) bond motifs is 2. The Labute approximate surface area is 156 Å². The summed E-state index contributed by atoms with van der Waals surface area (Å²) in [6.45, 7) is 11.1. The highest BCUT2D eigenvalue weighted by molar-refractivity contribution is 5.67. The first-order valence-electron chi connectivity index (χ1n) is 9.55. The van der Waals surface area contributed by atoms with E-state index >= 15 is 0 Å². The molecular weight excluding hydrogens is 320 g/mol. The van der Waals surface area contributed by atoms with Gasteiger partial charge in [0.25, 0.3) is 0 Å². The van der Waals surface area contributed by atoms with Crippen LogP contribution in [0.15, 0.2) is 30.5 Å². The van der Waals surface area contributed by atoms with Gasteiger partial charge in [-0.3, -0.25) is 4.98 Å². The molecule has 0 unspecified atom stereocenters. The van der Waals surface area contributed by atoms with Crippen molar-refractivity contribution in [2.75, 3.05) is 23.7 Å². The molecule has 4 heterocycles. The maximum atomic E-state index is 4.98. The number of hydrogen-bond donors (Lipinski definition) is 2. The van der Waals surface area contributed by atoms with E-state index < -0.39 is 0 Å². The first-order valence-corrected chi connectivity index (χ1v) is 9.55. The standard InChI is InChI=1S/C22H28N4/c1-21(2,16-13-15-7-5-12-24-20(15)25-14-16)22(3,4)19-10-9-17-18(26-19)8-6-11-23-17/h6,8-10,13-14,23H,5,7,11-12H2,1-4H3,(H,24,25). The van der Waals surface area contributed by atoms with E-state index in [1.165, 1.54) is 17.5 Å². The second kappa shape index (κ2) is 6.11. The van der Waals surface area contributed by atoms with Crippen LogP contribution in [0.3, 0.4) is 0 Å². The van der Waals surface area contributed by atoms with E-state index in [1.807, 2.05) is 6.20 Å². The highest BCUT2D eigenvalue weighted by Crippen LogP contribution is 2.44. The number of anilines is 2. The SMILES string of the molecule is CC(C)(c1cnc2c(c1)CCCN2)C(C)(C)c1ccc2c(n1)C=CCN2. The predicted octanol–water partition coefficient (Wildman–Crippen LogP) is 4.53. The molecule has 0 aliphatic carbocycles. The van der Waals surface area contributed by atoms with E-state index in [0.29, 0.717) is 0 Å². The quantitative estimate of drug-likeness (QED) is 0.856. The largest absolute Gasteiger partial charge is 0.380 e.